The molecule has 5 heteroatoms. The van der Waals surface area contributed by atoms with E-state index in [1.807, 2.05) is 0 Å². The normalized spacial score (nSPS) is 23.5. The van der Waals surface area contributed by atoms with Gasteiger partial charge in [-0.2, -0.15) is 0 Å². The first-order valence-corrected chi connectivity index (χ1v) is 8.65. The van der Waals surface area contributed by atoms with E-state index < -0.39 is 5.54 Å². The van der Waals surface area contributed by atoms with Crippen molar-refractivity contribution in [3.63, 3.8) is 0 Å². The second kappa shape index (κ2) is 7.44. The molecule has 1 amide bonds. The van der Waals surface area contributed by atoms with Crippen molar-refractivity contribution < 1.29 is 14.3 Å². The van der Waals surface area contributed by atoms with Gasteiger partial charge in [0.05, 0.1) is 7.11 Å². The van der Waals surface area contributed by atoms with Crippen LogP contribution in [0.2, 0.25) is 0 Å². The summed E-state index contributed by atoms with van der Waals surface area (Å²) in [5, 5.41) is 3.02. The van der Waals surface area contributed by atoms with Crippen LogP contribution in [0.15, 0.2) is 0 Å². The largest absolute Gasteiger partial charge is 0.467 e. The number of nitrogens with two attached hydrogens (primary N) is 1. The molecule has 0 heterocycles. The second-order valence-corrected chi connectivity index (χ2v) is 7.12. The van der Waals surface area contributed by atoms with Gasteiger partial charge in [-0.1, -0.05) is 38.5 Å². The molecular weight excluding hydrogens is 280 g/mol. The van der Waals surface area contributed by atoms with Gasteiger partial charge in [-0.05, 0) is 37.6 Å². The molecule has 126 valence electrons. The Morgan fingerprint density at radius 3 is 2.05 bits per heavy atom. The number of rotatable bonds is 5. The van der Waals surface area contributed by atoms with E-state index in [0.717, 1.165) is 44.9 Å². The fraction of sp³-hybridized carbons (Fsp3) is 0.882. The Hall–Kier alpha value is -1.10. The molecule has 2 fully saturated rings. The lowest BCUT2D eigenvalue weighted by atomic mass is 9.71. The van der Waals surface area contributed by atoms with E-state index in [4.69, 9.17) is 10.5 Å². The first kappa shape index (κ1) is 17.3. The summed E-state index contributed by atoms with van der Waals surface area (Å²) in [5.41, 5.74) is 5.08. The second-order valence-electron chi connectivity index (χ2n) is 7.12. The minimum Gasteiger partial charge on any atom is -0.467 e. The zero-order chi connectivity index (χ0) is 16.1. The maximum Gasteiger partial charge on any atom is 0.331 e. The summed E-state index contributed by atoms with van der Waals surface area (Å²) in [7, 11) is 1.40. The minimum atomic E-state index is -0.811. The van der Waals surface area contributed by atoms with Crippen LogP contribution in [0.25, 0.3) is 0 Å². The number of ether oxygens (including phenoxy) is 1. The predicted molar refractivity (Wildman–Crippen MR) is 85.2 cm³/mol. The highest BCUT2D eigenvalue weighted by Gasteiger charge is 2.43. The molecule has 2 saturated carbocycles. The topological polar surface area (TPSA) is 81.4 Å². The molecule has 22 heavy (non-hydrogen) atoms. The summed E-state index contributed by atoms with van der Waals surface area (Å²) in [6.07, 6.45) is 10.4. The minimum absolute atomic E-state index is 0.0420. The molecular formula is C17H30N2O3. The van der Waals surface area contributed by atoms with E-state index in [2.05, 4.69) is 5.32 Å². The lowest BCUT2D eigenvalue weighted by Crippen LogP contribution is -2.57. The van der Waals surface area contributed by atoms with Gasteiger partial charge in [-0.15, -0.1) is 0 Å². The summed E-state index contributed by atoms with van der Waals surface area (Å²) >= 11 is 0. The molecule has 0 bridgehead atoms. The van der Waals surface area contributed by atoms with E-state index in [-0.39, 0.29) is 17.3 Å². The van der Waals surface area contributed by atoms with E-state index in [1.54, 1.807) is 0 Å². The summed E-state index contributed by atoms with van der Waals surface area (Å²) in [6.45, 7) is 0.547. The first-order valence-electron chi connectivity index (χ1n) is 8.65. The van der Waals surface area contributed by atoms with Crippen molar-refractivity contribution in [2.75, 3.05) is 13.7 Å². The smallest absolute Gasteiger partial charge is 0.331 e. The number of carbonyl (C=O) groups excluding carboxylic acids is 2. The summed E-state index contributed by atoms with van der Waals surface area (Å²) in [5.74, 6) is -0.342. The molecule has 0 unspecified atom stereocenters. The van der Waals surface area contributed by atoms with Crippen LogP contribution in [0.4, 0.5) is 0 Å². The molecule has 3 N–H and O–H groups in total. The SMILES string of the molecule is COC(=O)C1(NC(=O)CC2(CN)CCCCC2)CCCCC1. The van der Waals surface area contributed by atoms with Gasteiger partial charge in [0.1, 0.15) is 5.54 Å². The van der Waals surface area contributed by atoms with Gasteiger partial charge >= 0.3 is 5.97 Å². The van der Waals surface area contributed by atoms with Crippen molar-refractivity contribution in [2.45, 2.75) is 76.2 Å². The third-order valence-corrected chi connectivity index (χ3v) is 5.54. The van der Waals surface area contributed by atoms with Gasteiger partial charge in [0.15, 0.2) is 0 Å². The van der Waals surface area contributed by atoms with Crippen molar-refractivity contribution in [1.29, 1.82) is 0 Å². The third kappa shape index (κ3) is 3.80. The van der Waals surface area contributed by atoms with Crippen molar-refractivity contribution >= 4 is 11.9 Å². The van der Waals surface area contributed by atoms with Gasteiger partial charge in [0.25, 0.3) is 0 Å². The van der Waals surface area contributed by atoms with Gasteiger partial charge in [0.2, 0.25) is 5.91 Å². The summed E-state index contributed by atoms with van der Waals surface area (Å²) < 4.78 is 4.96. The fourth-order valence-electron chi connectivity index (χ4n) is 4.14. The van der Waals surface area contributed by atoms with Gasteiger partial charge < -0.3 is 15.8 Å². The highest BCUT2D eigenvalue weighted by molar-refractivity contribution is 5.88. The molecule has 0 aliphatic heterocycles. The summed E-state index contributed by atoms with van der Waals surface area (Å²) in [4.78, 5) is 24.8. The van der Waals surface area contributed by atoms with Gasteiger partial charge in [0, 0.05) is 6.42 Å². The quantitative estimate of drug-likeness (QED) is 0.763. The van der Waals surface area contributed by atoms with Crippen molar-refractivity contribution in [3.05, 3.63) is 0 Å². The monoisotopic (exact) mass is 310 g/mol. The van der Waals surface area contributed by atoms with Crippen molar-refractivity contribution in [1.82, 2.24) is 5.32 Å². The van der Waals surface area contributed by atoms with Crippen LogP contribution >= 0.6 is 0 Å². The Labute approximate surface area is 133 Å². The van der Waals surface area contributed by atoms with Gasteiger partial charge in [-0.25, -0.2) is 4.79 Å². The lowest BCUT2D eigenvalue weighted by molar-refractivity contribution is -0.153. The lowest BCUT2D eigenvalue weighted by Gasteiger charge is -2.39. The average Bonchev–Trinajstić information content (AvgIpc) is 2.55. The molecule has 2 rings (SSSR count). The van der Waals surface area contributed by atoms with E-state index in [9.17, 15) is 9.59 Å². The molecule has 0 saturated heterocycles. The molecule has 5 nitrogen and oxygen atoms in total. The number of methoxy groups -OCH3 is 1. The van der Waals surface area contributed by atoms with E-state index in [1.165, 1.54) is 13.5 Å². The van der Waals surface area contributed by atoms with Crippen LogP contribution in [0.1, 0.15) is 70.6 Å². The van der Waals surface area contributed by atoms with E-state index in [0.29, 0.717) is 25.8 Å². The fourth-order valence-corrected chi connectivity index (χ4v) is 4.14. The first-order chi connectivity index (χ1) is 10.6. The highest BCUT2D eigenvalue weighted by atomic mass is 16.5. The zero-order valence-corrected chi connectivity index (χ0v) is 13.8. The number of nitrogens with one attached hydrogen (secondary N) is 1. The Bertz CT molecular complexity index is 397. The maximum absolute atomic E-state index is 12.6. The van der Waals surface area contributed by atoms with Crippen LogP contribution in [0.5, 0.6) is 0 Å². The number of esters is 1. The third-order valence-electron chi connectivity index (χ3n) is 5.54. The number of amides is 1. The molecule has 0 aromatic rings. The molecule has 2 aliphatic carbocycles. The molecule has 0 aromatic heterocycles. The van der Waals surface area contributed by atoms with Crippen LogP contribution in [0.3, 0.4) is 0 Å². The molecule has 0 radical (unpaired) electrons. The van der Waals surface area contributed by atoms with Crippen LogP contribution in [0, 0.1) is 5.41 Å². The van der Waals surface area contributed by atoms with Gasteiger partial charge in [-0.3, -0.25) is 4.79 Å². The standard InChI is InChI=1S/C17H30N2O3/c1-22-15(21)17(10-6-3-7-11-17)19-14(20)12-16(13-18)8-4-2-5-9-16/h2-13,18H2,1H3,(H,19,20). The molecule has 0 aromatic carbocycles. The Kier molecular flexibility index (Phi) is 5.84. The van der Waals surface area contributed by atoms with Crippen LogP contribution < -0.4 is 11.1 Å². The maximum atomic E-state index is 12.6. The number of hydrogen-bond acceptors (Lipinski definition) is 4. The molecule has 2 aliphatic rings. The average molecular weight is 310 g/mol. The van der Waals surface area contributed by atoms with Crippen LogP contribution in [-0.2, 0) is 14.3 Å². The zero-order valence-electron chi connectivity index (χ0n) is 13.8. The highest BCUT2D eigenvalue weighted by Crippen LogP contribution is 2.39. The Balaban J connectivity index is 2.03. The van der Waals surface area contributed by atoms with Crippen LogP contribution in [-0.4, -0.2) is 31.1 Å². The Morgan fingerprint density at radius 2 is 1.55 bits per heavy atom. The number of carbonyl (C=O) groups is 2. The van der Waals surface area contributed by atoms with Crippen molar-refractivity contribution in [2.24, 2.45) is 11.1 Å². The summed E-state index contributed by atoms with van der Waals surface area (Å²) in [6, 6.07) is 0. The molecule has 0 atom stereocenters. The number of hydrogen-bond donors (Lipinski definition) is 2. The molecule has 0 spiro atoms. The predicted octanol–water partition coefficient (Wildman–Crippen LogP) is 2.28. The Morgan fingerprint density at radius 1 is 1.00 bits per heavy atom. The van der Waals surface area contributed by atoms with Crippen molar-refractivity contribution in [3.8, 4) is 0 Å². The van der Waals surface area contributed by atoms with E-state index >= 15 is 0 Å².